The van der Waals surface area contributed by atoms with Gasteiger partial charge in [-0.05, 0) is 40.3 Å². The van der Waals surface area contributed by atoms with Crippen molar-refractivity contribution >= 4 is 33.4 Å². The van der Waals surface area contributed by atoms with Crippen LogP contribution in [0.15, 0.2) is 16.7 Å². The van der Waals surface area contributed by atoms with Crippen LogP contribution in [0.4, 0.5) is 0 Å². The van der Waals surface area contributed by atoms with Crippen LogP contribution in [0.2, 0.25) is 5.15 Å². The van der Waals surface area contributed by atoms with Crippen molar-refractivity contribution in [3.63, 3.8) is 0 Å². The van der Waals surface area contributed by atoms with Crippen LogP contribution in [-0.2, 0) is 0 Å². The van der Waals surface area contributed by atoms with Gasteiger partial charge in [0, 0.05) is 17.2 Å². The third-order valence-corrected chi connectivity index (χ3v) is 3.56. The van der Waals surface area contributed by atoms with E-state index in [1.54, 1.807) is 12.3 Å². The molecule has 1 aliphatic carbocycles. The van der Waals surface area contributed by atoms with E-state index in [-0.39, 0.29) is 11.1 Å². The fraction of sp³-hybridized carbons (Fsp3) is 0.455. The lowest BCUT2D eigenvalue weighted by Gasteiger charge is -2.10. The van der Waals surface area contributed by atoms with Crippen LogP contribution in [-0.4, -0.2) is 17.4 Å². The lowest BCUT2D eigenvalue weighted by Crippen LogP contribution is -2.29. The Labute approximate surface area is 108 Å². The molecule has 1 aromatic heterocycles. The van der Waals surface area contributed by atoms with Crippen molar-refractivity contribution in [3.05, 3.63) is 27.5 Å². The summed E-state index contributed by atoms with van der Waals surface area (Å²) in [5.74, 6) is -0.160. The number of carbonyl (C=O) groups excluding carboxylic acids is 1. The lowest BCUT2D eigenvalue weighted by molar-refractivity contribution is 0.0946. The maximum absolute atomic E-state index is 11.8. The van der Waals surface area contributed by atoms with E-state index in [0.717, 1.165) is 4.47 Å². The Morgan fingerprint density at radius 2 is 2.38 bits per heavy atom. The molecule has 1 amide bonds. The molecular formula is C11H12BrClN2O. The molecule has 1 fully saturated rings. The second-order valence-electron chi connectivity index (χ2n) is 4.49. The minimum Gasteiger partial charge on any atom is -0.351 e. The first-order chi connectivity index (χ1) is 7.50. The first-order valence-electron chi connectivity index (χ1n) is 5.09. The van der Waals surface area contributed by atoms with Gasteiger partial charge in [-0.2, -0.15) is 0 Å². The molecule has 2 rings (SSSR count). The molecule has 86 valence electrons. The third kappa shape index (κ3) is 2.74. The van der Waals surface area contributed by atoms with Gasteiger partial charge in [-0.3, -0.25) is 4.79 Å². The molecule has 0 saturated heterocycles. The van der Waals surface area contributed by atoms with Gasteiger partial charge in [0.25, 0.3) is 5.91 Å². The zero-order chi connectivity index (χ0) is 11.8. The Hall–Kier alpha value is -0.610. The van der Waals surface area contributed by atoms with Crippen LogP contribution in [0.1, 0.15) is 30.1 Å². The van der Waals surface area contributed by atoms with E-state index in [4.69, 9.17) is 11.6 Å². The highest BCUT2D eigenvalue weighted by Crippen LogP contribution is 2.44. The largest absolute Gasteiger partial charge is 0.351 e. The van der Waals surface area contributed by atoms with E-state index in [0.29, 0.717) is 17.5 Å². The highest BCUT2D eigenvalue weighted by molar-refractivity contribution is 9.10. The van der Waals surface area contributed by atoms with Crippen LogP contribution in [0.25, 0.3) is 0 Å². The molecule has 1 aromatic rings. The van der Waals surface area contributed by atoms with Gasteiger partial charge in [0.2, 0.25) is 0 Å². The third-order valence-electron chi connectivity index (χ3n) is 2.83. The summed E-state index contributed by atoms with van der Waals surface area (Å²) in [6.45, 7) is 2.86. The highest BCUT2D eigenvalue weighted by Gasteiger charge is 2.37. The molecule has 0 spiro atoms. The molecular weight excluding hydrogens is 291 g/mol. The molecule has 0 atom stereocenters. The minimum absolute atomic E-state index is 0.160. The summed E-state index contributed by atoms with van der Waals surface area (Å²) >= 11 is 9.13. The number of amides is 1. The zero-order valence-corrected chi connectivity index (χ0v) is 11.2. The van der Waals surface area contributed by atoms with Crippen LogP contribution in [0.3, 0.4) is 0 Å². The van der Waals surface area contributed by atoms with Gasteiger partial charge in [-0.25, -0.2) is 4.98 Å². The first kappa shape index (κ1) is 11.9. The lowest BCUT2D eigenvalue weighted by atomic mass is 10.1. The van der Waals surface area contributed by atoms with Gasteiger partial charge >= 0.3 is 0 Å². The number of nitrogens with zero attached hydrogens (tertiary/aromatic N) is 1. The smallest absolute Gasteiger partial charge is 0.254 e. The van der Waals surface area contributed by atoms with Crippen LogP contribution >= 0.6 is 27.5 Å². The fourth-order valence-electron chi connectivity index (χ4n) is 1.36. The molecule has 0 aromatic carbocycles. The molecule has 1 saturated carbocycles. The molecule has 1 heterocycles. The summed E-state index contributed by atoms with van der Waals surface area (Å²) in [4.78, 5) is 15.8. The van der Waals surface area contributed by atoms with E-state index < -0.39 is 0 Å². The number of rotatable bonds is 3. The molecule has 16 heavy (non-hydrogen) atoms. The highest BCUT2D eigenvalue weighted by atomic mass is 79.9. The number of hydrogen-bond donors (Lipinski definition) is 1. The summed E-state index contributed by atoms with van der Waals surface area (Å²) in [5, 5.41) is 3.12. The predicted octanol–water partition coefficient (Wildman–Crippen LogP) is 3.03. The number of halogens is 2. The summed E-state index contributed by atoms with van der Waals surface area (Å²) in [6.07, 6.45) is 3.93. The summed E-state index contributed by atoms with van der Waals surface area (Å²) in [7, 11) is 0. The maximum atomic E-state index is 11.8. The van der Waals surface area contributed by atoms with Crippen molar-refractivity contribution in [2.24, 2.45) is 5.41 Å². The van der Waals surface area contributed by atoms with E-state index in [2.05, 4.69) is 33.2 Å². The zero-order valence-electron chi connectivity index (χ0n) is 8.89. The van der Waals surface area contributed by atoms with E-state index >= 15 is 0 Å². The van der Waals surface area contributed by atoms with Gasteiger partial charge in [-0.1, -0.05) is 18.5 Å². The number of aromatic nitrogens is 1. The van der Waals surface area contributed by atoms with Gasteiger partial charge in [0.05, 0.1) is 5.56 Å². The molecule has 1 N–H and O–H groups in total. The molecule has 5 heteroatoms. The molecule has 0 aliphatic heterocycles. The van der Waals surface area contributed by atoms with Gasteiger partial charge in [-0.15, -0.1) is 0 Å². The Morgan fingerprint density at radius 3 is 3.00 bits per heavy atom. The maximum Gasteiger partial charge on any atom is 0.254 e. The van der Waals surface area contributed by atoms with Gasteiger partial charge in [0.15, 0.2) is 0 Å². The summed E-state index contributed by atoms with van der Waals surface area (Å²) < 4.78 is 0.750. The monoisotopic (exact) mass is 302 g/mol. The average Bonchev–Trinajstić information content (AvgIpc) is 2.97. The SMILES string of the molecule is CC1(CNC(=O)c2cc(Br)cnc2Cl)CC1. The summed E-state index contributed by atoms with van der Waals surface area (Å²) in [6, 6.07) is 1.68. The Bertz CT molecular complexity index is 432. The Balaban J connectivity index is 2.05. The molecule has 3 nitrogen and oxygen atoms in total. The number of nitrogens with one attached hydrogen (secondary N) is 1. The first-order valence-corrected chi connectivity index (χ1v) is 6.27. The normalized spacial score (nSPS) is 16.9. The molecule has 0 bridgehead atoms. The molecule has 0 radical (unpaired) electrons. The Morgan fingerprint density at radius 1 is 1.69 bits per heavy atom. The van der Waals surface area contributed by atoms with Gasteiger partial charge < -0.3 is 5.32 Å². The van der Waals surface area contributed by atoms with E-state index in [1.165, 1.54) is 12.8 Å². The number of pyridine rings is 1. The van der Waals surface area contributed by atoms with Crippen LogP contribution in [0, 0.1) is 5.41 Å². The van der Waals surface area contributed by atoms with Crippen molar-refractivity contribution in [2.45, 2.75) is 19.8 Å². The average molecular weight is 304 g/mol. The van der Waals surface area contributed by atoms with Crippen molar-refractivity contribution in [1.29, 1.82) is 0 Å². The van der Waals surface area contributed by atoms with Crippen molar-refractivity contribution in [1.82, 2.24) is 10.3 Å². The van der Waals surface area contributed by atoms with Crippen LogP contribution in [0.5, 0.6) is 0 Å². The fourth-order valence-corrected chi connectivity index (χ4v) is 1.88. The van der Waals surface area contributed by atoms with Crippen molar-refractivity contribution < 1.29 is 4.79 Å². The predicted molar refractivity (Wildman–Crippen MR) is 66.6 cm³/mol. The topological polar surface area (TPSA) is 42.0 Å². The molecule has 1 aliphatic rings. The standard InChI is InChI=1S/C11H12BrClN2O/c1-11(2-3-11)6-15-10(16)8-4-7(12)5-14-9(8)13/h4-5H,2-3,6H2,1H3,(H,15,16). The second-order valence-corrected chi connectivity index (χ2v) is 5.76. The Kier molecular flexibility index (Phi) is 3.22. The van der Waals surface area contributed by atoms with E-state index in [9.17, 15) is 4.79 Å². The van der Waals surface area contributed by atoms with Crippen molar-refractivity contribution in [3.8, 4) is 0 Å². The van der Waals surface area contributed by atoms with Gasteiger partial charge in [0.1, 0.15) is 5.15 Å². The van der Waals surface area contributed by atoms with E-state index in [1.807, 2.05) is 0 Å². The number of carbonyl (C=O) groups is 1. The minimum atomic E-state index is -0.160. The summed E-state index contributed by atoms with van der Waals surface area (Å²) in [5.41, 5.74) is 0.710. The van der Waals surface area contributed by atoms with Crippen LogP contribution < -0.4 is 5.32 Å². The van der Waals surface area contributed by atoms with Crippen molar-refractivity contribution in [2.75, 3.05) is 6.54 Å². The quantitative estimate of drug-likeness (QED) is 0.872. The second kappa shape index (κ2) is 4.34. The molecule has 0 unspecified atom stereocenters. The number of hydrogen-bond acceptors (Lipinski definition) is 2.